The van der Waals surface area contributed by atoms with E-state index in [1.165, 1.54) is 24.0 Å². The van der Waals surface area contributed by atoms with Crippen LogP contribution in [0.1, 0.15) is 66.7 Å². The number of aliphatic hydroxyl groups is 2. The summed E-state index contributed by atoms with van der Waals surface area (Å²) in [5.41, 5.74) is 1.91. The molecule has 0 unspecified atom stereocenters. The summed E-state index contributed by atoms with van der Waals surface area (Å²) < 4.78 is 5.84. The Morgan fingerprint density at radius 3 is 2.71 bits per heavy atom. The summed E-state index contributed by atoms with van der Waals surface area (Å²) in [5, 5.41) is 22.2. The standard InChI is InChI=1S/C25H38O3/c1-16(2)7-6-8-17(3)19-11-12-23(4)13-21-22-18(9-10-20(19)23)14-28-25(22,27)15-24(21,5)26/h6-9,17,19-22,26-27H,10-15H2,1-5H3/b8-6-,18-9-/t17-,19+,20-,21-,22+,23+,24+,25-/m0/s1. The van der Waals surface area contributed by atoms with Crippen molar-refractivity contribution in [2.24, 2.45) is 35.0 Å². The third kappa shape index (κ3) is 3.24. The summed E-state index contributed by atoms with van der Waals surface area (Å²) in [6.45, 7) is 11.5. The molecule has 3 aliphatic carbocycles. The molecule has 0 spiro atoms. The SMILES string of the molecule is CC(C)=C/C=C\[C@H](C)[C@H]1CC[C@]2(C)C[C@H]3[C@H]4/C(=C\C[C@@H]12)CO[C@@]4(O)C[C@@]3(C)O. The van der Waals surface area contributed by atoms with Crippen LogP contribution < -0.4 is 0 Å². The molecule has 3 fully saturated rings. The molecule has 8 atom stereocenters. The zero-order valence-corrected chi connectivity index (χ0v) is 18.2. The predicted octanol–water partition coefficient (Wildman–Crippen LogP) is 5.00. The monoisotopic (exact) mass is 386 g/mol. The number of allylic oxidation sites excluding steroid dienone is 5. The summed E-state index contributed by atoms with van der Waals surface area (Å²) >= 11 is 0. The molecule has 0 aromatic heterocycles. The van der Waals surface area contributed by atoms with Crippen molar-refractivity contribution in [3.8, 4) is 0 Å². The number of hydrogen-bond acceptors (Lipinski definition) is 3. The topological polar surface area (TPSA) is 49.7 Å². The number of hydrogen-bond donors (Lipinski definition) is 2. The van der Waals surface area contributed by atoms with Crippen molar-refractivity contribution >= 4 is 0 Å². The van der Waals surface area contributed by atoms with Crippen molar-refractivity contribution in [3.05, 3.63) is 35.5 Å². The number of rotatable bonds is 3. The molecule has 0 radical (unpaired) electrons. The third-order valence-corrected chi connectivity index (χ3v) is 8.49. The van der Waals surface area contributed by atoms with Crippen LogP contribution >= 0.6 is 0 Å². The molecule has 3 heteroatoms. The van der Waals surface area contributed by atoms with E-state index in [2.05, 4.69) is 52.0 Å². The minimum absolute atomic E-state index is 0.0330. The zero-order valence-electron chi connectivity index (χ0n) is 18.2. The fraction of sp³-hybridized carbons (Fsp3) is 0.760. The van der Waals surface area contributed by atoms with E-state index in [4.69, 9.17) is 4.74 Å². The van der Waals surface area contributed by atoms with Crippen LogP contribution in [0.5, 0.6) is 0 Å². The molecule has 0 amide bonds. The highest BCUT2D eigenvalue weighted by atomic mass is 16.6. The maximum Gasteiger partial charge on any atom is 0.175 e. The first kappa shape index (κ1) is 20.4. The average Bonchev–Trinajstić information content (AvgIpc) is 3.11. The second-order valence-corrected chi connectivity index (χ2v) is 10.9. The lowest BCUT2D eigenvalue weighted by molar-refractivity contribution is -0.191. The molecule has 0 aromatic rings. The second kappa shape index (κ2) is 6.82. The van der Waals surface area contributed by atoms with E-state index in [0.29, 0.717) is 30.8 Å². The van der Waals surface area contributed by atoms with Crippen LogP contribution in [0.4, 0.5) is 0 Å². The van der Waals surface area contributed by atoms with E-state index in [0.717, 1.165) is 12.8 Å². The van der Waals surface area contributed by atoms with Gasteiger partial charge in [0, 0.05) is 12.3 Å². The Hall–Kier alpha value is -0.900. The molecule has 4 rings (SSSR count). The van der Waals surface area contributed by atoms with E-state index in [9.17, 15) is 10.2 Å². The maximum absolute atomic E-state index is 11.2. The van der Waals surface area contributed by atoms with Crippen molar-refractivity contribution in [2.75, 3.05) is 6.61 Å². The van der Waals surface area contributed by atoms with Crippen LogP contribution in [0.2, 0.25) is 0 Å². The first-order valence-electron chi connectivity index (χ1n) is 11.2. The molecule has 28 heavy (non-hydrogen) atoms. The molecule has 4 aliphatic rings. The molecule has 2 N–H and O–H groups in total. The van der Waals surface area contributed by atoms with Gasteiger partial charge >= 0.3 is 0 Å². The summed E-state index contributed by atoms with van der Waals surface area (Å²) in [6, 6.07) is 0. The van der Waals surface area contributed by atoms with E-state index in [-0.39, 0.29) is 17.3 Å². The fourth-order valence-electron chi connectivity index (χ4n) is 7.03. The molecular formula is C25H38O3. The molecule has 0 aromatic carbocycles. The van der Waals surface area contributed by atoms with E-state index < -0.39 is 11.4 Å². The molecule has 3 nitrogen and oxygen atoms in total. The van der Waals surface area contributed by atoms with E-state index in [1.807, 2.05) is 6.92 Å². The van der Waals surface area contributed by atoms with Crippen LogP contribution in [-0.2, 0) is 4.74 Å². The van der Waals surface area contributed by atoms with Crippen LogP contribution in [0.25, 0.3) is 0 Å². The predicted molar refractivity (Wildman–Crippen MR) is 112 cm³/mol. The van der Waals surface area contributed by atoms with Gasteiger partial charge in [-0.25, -0.2) is 0 Å². The fourth-order valence-corrected chi connectivity index (χ4v) is 7.03. The quantitative estimate of drug-likeness (QED) is 0.530. The van der Waals surface area contributed by atoms with Gasteiger partial charge in [0.05, 0.1) is 12.2 Å². The van der Waals surface area contributed by atoms with Gasteiger partial charge in [0.25, 0.3) is 0 Å². The number of fused-ring (bicyclic) bond motifs is 1. The summed E-state index contributed by atoms with van der Waals surface area (Å²) in [6.07, 6.45) is 14.0. The molecule has 1 heterocycles. The minimum Gasteiger partial charge on any atom is -0.390 e. The lowest BCUT2D eigenvalue weighted by Gasteiger charge is -2.43. The van der Waals surface area contributed by atoms with Gasteiger partial charge < -0.3 is 14.9 Å². The average molecular weight is 387 g/mol. The van der Waals surface area contributed by atoms with Gasteiger partial charge in [-0.2, -0.15) is 0 Å². The summed E-state index contributed by atoms with van der Waals surface area (Å²) in [4.78, 5) is 0. The smallest absolute Gasteiger partial charge is 0.175 e. The molecule has 2 saturated carbocycles. The maximum atomic E-state index is 11.2. The second-order valence-electron chi connectivity index (χ2n) is 10.9. The molecule has 1 aliphatic heterocycles. The highest BCUT2D eigenvalue weighted by Gasteiger charge is 2.65. The van der Waals surface area contributed by atoms with Gasteiger partial charge in [0.2, 0.25) is 0 Å². The lowest BCUT2D eigenvalue weighted by atomic mass is 9.63. The van der Waals surface area contributed by atoms with Crippen LogP contribution in [0, 0.1) is 35.0 Å². The van der Waals surface area contributed by atoms with Crippen molar-refractivity contribution < 1.29 is 14.9 Å². The Bertz CT molecular complexity index is 713. The highest BCUT2D eigenvalue weighted by Crippen LogP contribution is 2.63. The Balaban J connectivity index is 1.63. The molecule has 156 valence electrons. The summed E-state index contributed by atoms with van der Waals surface area (Å²) in [7, 11) is 0. The lowest BCUT2D eigenvalue weighted by Crippen LogP contribution is -2.40. The Morgan fingerprint density at radius 1 is 1.25 bits per heavy atom. The van der Waals surface area contributed by atoms with Crippen molar-refractivity contribution in [3.63, 3.8) is 0 Å². The van der Waals surface area contributed by atoms with Gasteiger partial charge in [-0.1, -0.05) is 43.7 Å². The van der Waals surface area contributed by atoms with Gasteiger partial charge in [0.1, 0.15) is 0 Å². The van der Waals surface area contributed by atoms with E-state index >= 15 is 0 Å². The van der Waals surface area contributed by atoms with Crippen LogP contribution in [0.15, 0.2) is 35.5 Å². The highest BCUT2D eigenvalue weighted by molar-refractivity contribution is 5.26. The first-order chi connectivity index (χ1) is 13.1. The van der Waals surface area contributed by atoms with Gasteiger partial charge in [-0.3, -0.25) is 0 Å². The van der Waals surface area contributed by atoms with Crippen molar-refractivity contribution in [1.82, 2.24) is 0 Å². The Kier molecular flexibility index (Phi) is 4.96. The third-order valence-electron chi connectivity index (χ3n) is 8.49. The Labute approximate surface area is 170 Å². The van der Waals surface area contributed by atoms with Crippen LogP contribution in [-0.4, -0.2) is 28.2 Å². The normalized spacial score (nSPS) is 50.5. The number of ether oxygens (including phenoxy) is 1. The molecular weight excluding hydrogens is 348 g/mol. The van der Waals surface area contributed by atoms with Crippen molar-refractivity contribution in [2.45, 2.75) is 78.1 Å². The Morgan fingerprint density at radius 2 is 2.00 bits per heavy atom. The largest absolute Gasteiger partial charge is 0.390 e. The van der Waals surface area contributed by atoms with Gasteiger partial charge in [0.15, 0.2) is 5.79 Å². The van der Waals surface area contributed by atoms with Crippen molar-refractivity contribution in [1.29, 1.82) is 0 Å². The van der Waals surface area contributed by atoms with E-state index in [1.54, 1.807) is 0 Å². The van der Waals surface area contributed by atoms with Crippen LogP contribution in [0.3, 0.4) is 0 Å². The molecule has 1 saturated heterocycles. The molecule has 0 bridgehead atoms. The summed E-state index contributed by atoms with van der Waals surface area (Å²) in [5.74, 6) is 0.729. The first-order valence-corrected chi connectivity index (χ1v) is 11.2. The van der Waals surface area contributed by atoms with Gasteiger partial charge in [-0.05, 0) is 81.1 Å². The minimum atomic E-state index is -1.17. The van der Waals surface area contributed by atoms with Gasteiger partial charge in [-0.15, -0.1) is 0 Å². The zero-order chi connectivity index (χ0) is 20.3.